The van der Waals surface area contributed by atoms with Gasteiger partial charge in [0.1, 0.15) is 5.60 Å². The van der Waals surface area contributed by atoms with E-state index in [2.05, 4.69) is 5.32 Å². The summed E-state index contributed by atoms with van der Waals surface area (Å²) in [6.07, 6.45) is 2.45. The predicted octanol–water partition coefficient (Wildman–Crippen LogP) is 1.59. The third kappa shape index (κ3) is 6.30. The van der Waals surface area contributed by atoms with Gasteiger partial charge in [0.25, 0.3) is 5.91 Å². The van der Waals surface area contributed by atoms with Crippen molar-refractivity contribution < 1.29 is 19.1 Å². The van der Waals surface area contributed by atoms with Crippen LogP contribution in [0, 0.1) is 6.92 Å². The molecule has 0 saturated carbocycles. The molecule has 1 fully saturated rings. The van der Waals surface area contributed by atoms with E-state index in [1.807, 2.05) is 34.7 Å². The Bertz CT molecular complexity index is 743. The van der Waals surface area contributed by atoms with Gasteiger partial charge in [-0.15, -0.1) is 0 Å². The number of nitrogens with zero attached hydrogens (tertiary/aromatic N) is 2. The van der Waals surface area contributed by atoms with E-state index in [1.54, 1.807) is 15.7 Å². The molecule has 8 nitrogen and oxygen atoms in total. The SMILES string of the molecule is Cc1cc(=O)c(OCC(=O)N2CCC(NC(=O)OC(C)(C)C)CC2)cn1C. The van der Waals surface area contributed by atoms with Crippen LogP contribution in [0.2, 0.25) is 0 Å². The van der Waals surface area contributed by atoms with Crippen molar-refractivity contribution in [3.63, 3.8) is 0 Å². The quantitative estimate of drug-likeness (QED) is 0.858. The van der Waals surface area contributed by atoms with E-state index < -0.39 is 11.7 Å². The topological polar surface area (TPSA) is 89.9 Å². The van der Waals surface area contributed by atoms with Crippen LogP contribution >= 0.6 is 0 Å². The Morgan fingerprint density at radius 3 is 2.48 bits per heavy atom. The van der Waals surface area contributed by atoms with Crippen LogP contribution in [-0.2, 0) is 16.6 Å². The summed E-state index contributed by atoms with van der Waals surface area (Å²) in [4.78, 5) is 37.7. The van der Waals surface area contributed by atoms with E-state index in [1.165, 1.54) is 6.07 Å². The van der Waals surface area contributed by atoms with Crippen LogP contribution in [0.4, 0.5) is 4.79 Å². The highest BCUT2D eigenvalue weighted by Crippen LogP contribution is 2.13. The minimum absolute atomic E-state index is 0.0192. The smallest absolute Gasteiger partial charge is 0.407 e. The molecule has 27 heavy (non-hydrogen) atoms. The van der Waals surface area contributed by atoms with Crippen LogP contribution in [-0.4, -0.2) is 52.8 Å². The van der Waals surface area contributed by atoms with Gasteiger partial charge in [-0.05, 0) is 40.5 Å². The van der Waals surface area contributed by atoms with Crippen molar-refractivity contribution in [2.45, 2.75) is 52.2 Å². The number of carbonyl (C=O) groups excluding carboxylic acids is 2. The van der Waals surface area contributed by atoms with Gasteiger partial charge in [0.2, 0.25) is 5.43 Å². The number of hydrogen-bond acceptors (Lipinski definition) is 5. The van der Waals surface area contributed by atoms with Gasteiger partial charge >= 0.3 is 6.09 Å². The number of aromatic nitrogens is 1. The molecule has 0 unspecified atom stereocenters. The molecule has 2 rings (SSSR count). The minimum atomic E-state index is -0.537. The average Bonchev–Trinajstić information content (AvgIpc) is 2.55. The number of alkyl carbamates (subject to hydrolysis) is 1. The number of ether oxygens (including phenoxy) is 2. The predicted molar refractivity (Wildman–Crippen MR) is 101 cm³/mol. The lowest BCUT2D eigenvalue weighted by atomic mass is 10.1. The molecule has 0 aliphatic carbocycles. The van der Waals surface area contributed by atoms with Crippen LogP contribution in [0.5, 0.6) is 5.75 Å². The zero-order valence-electron chi connectivity index (χ0n) is 16.7. The van der Waals surface area contributed by atoms with E-state index >= 15 is 0 Å². The highest BCUT2D eigenvalue weighted by Gasteiger charge is 2.26. The van der Waals surface area contributed by atoms with Crippen molar-refractivity contribution in [2.75, 3.05) is 19.7 Å². The second-order valence-corrected chi connectivity index (χ2v) is 7.84. The molecule has 1 aliphatic heterocycles. The molecule has 0 radical (unpaired) electrons. The molecule has 2 heterocycles. The van der Waals surface area contributed by atoms with Gasteiger partial charge in [-0.1, -0.05) is 0 Å². The number of aryl methyl sites for hydroxylation is 2. The van der Waals surface area contributed by atoms with Gasteiger partial charge in [-0.25, -0.2) is 4.79 Å². The number of piperidine rings is 1. The number of likely N-dealkylation sites (tertiary alicyclic amines) is 1. The molecule has 1 aromatic heterocycles. The summed E-state index contributed by atoms with van der Waals surface area (Å²) < 4.78 is 12.4. The maximum absolute atomic E-state index is 12.3. The first-order chi connectivity index (χ1) is 12.5. The van der Waals surface area contributed by atoms with E-state index in [-0.39, 0.29) is 29.7 Å². The molecule has 150 valence electrons. The summed E-state index contributed by atoms with van der Waals surface area (Å²) in [5.74, 6) is -0.00808. The maximum Gasteiger partial charge on any atom is 0.407 e. The molecule has 2 amide bonds. The van der Waals surface area contributed by atoms with Gasteiger partial charge in [0.15, 0.2) is 12.4 Å². The molecule has 1 aromatic rings. The van der Waals surface area contributed by atoms with E-state index in [0.717, 1.165) is 5.69 Å². The molecule has 0 bridgehead atoms. The lowest BCUT2D eigenvalue weighted by Gasteiger charge is -2.32. The van der Waals surface area contributed by atoms with Gasteiger partial charge in [-0.2, -0.15) is 0 Å². The van der Waals surface area contributed by atoms with Gasteiger partial charge < -0.3 is 24.3 Å². The number of carbonyl (C=O) groups is 2. The van der Waals surface area contributed by atoms with Crippen LogP contribution < -0.4 is 15.5 Å². The summed E-state index contributed by atoms with van der Waals surface area (Å²) in [5.41, 5.74) is 0.0439. The largest absolute Gasteiger partial charge is 0.478 e. The fraction of sp³-hybridized carbons (Fsp3) is 0.632. The highest BCUT2D eigenvalue weighted by atomic mass is 16.6. The van der Waals surface area contributed by atoms with Crippen LogP contribution in [0.3, 0.4) is 0 Å². The standard InChI is InChI=1S/C19H29N3O5/c1-13-10-15(23)16(11-21(13)5)26-12-17(24)22-8-6-14(7-9-22)20-18(25)27-19(2,3)4/h10-11,14H,6-9,12H2,1-5H3,(H,20,25). The van der Waals surface area contributed by atoms with Crippen LogP contribution in [0.25, 0.3) is 0 Å². The van der Waals surface area contributed by atoms with Crippen molar-refractivity contribution in [2.24, 2.45) is 7.05 Å². The van der Waals surface area contributed by atoms with Crippen LogP contribution in [0.15, 0.2) is 17.1 Å². The summed E-state index contributed by atoms with van der Waals surface area (Å²) in [6.45, 7) is 8.14. The zero-order valence-corrected chi connectivity index (χ0v) is 16.7. The summed E-state index contributed by atoms with van der Waals surface area (Å²) in [7, 11) is 1.81. The molecular formula is C19H29N3O5. The molecule has 1 aliphatic rings. The first-order valence-corrected chi connectivity index (χ1v) is 9.12. The summed E-state index contributed by atoms with van der Waals surface area (Å²) >= 11 is 0. The lowest BCUT2D eigenvalue weighted by molar-refractivity contribution is -0.134. The van der Waals surface area contributed by atoms with Crippen molar-refractivity contribution in [1.29, 1.82) is 0 Å². The first kappa shape index (κ1) is 20.8. The molecule has 0 aromatic carbocycles. The van der Waals surface area contributed by atoms with Crippen molar-refractivity contribution in [1.82, 2.24) is 14.8 Å². The summed E-state index contributed by atoms with van der Waals surface area (Å²) in [6, 6.07) is 1.46. The Morgan fingerprint density at radius 1 is 1.26 bits per heavy atom. The first-order valence-electron chi connectivity index (χ1n) is 9.12. The average molecular weight is 379 g/mol. The van der Waals surface area contributed by atoms with Crippen molar-refractivity contribution in [3.05, 3.63) is 28.2 Å². The molecule has 0 atom stereocenters. The fourth-order valence-electron chi connectivity index (χ4n) is 2.79. The van der Waals surface area contributed by atoms with Gasteiger partial charge in [0.05, 0.1) is 0 Å². The Balaban J connectivity index is 1.79. The lowest BCUT2D eigenvalue weighted by Crippen LogP contribution is -2.48. The Labute approximate surface area is 159 Å². The summed E-state index contributed by atoms with van der Waals surface area (Å²) in [5, 5.41) is 2.84. The van der Waals surface area contributed by atoms with Gasteiger partial charge in [0, 0.05) is 44.1 Å². The van der Waals surface area contributed by atoms with Crippen molar-refractivity contribution >= 4 is 12.0 Å². The monoisotopic (exact) mass is 379 g/mol. The van der Waals surface area contributed by atoms with Gasteiger partial charge in [-0.3, -0.25) is 9.59 Å². The fourth-order valence-corrected chi connectivity index (χ4v) is 2.79. The minimum Gasteiger partial charge on any atom is -0.478 e. The molecular weight excluding hydrogens is 350 g/mol. The third-order valence-electron chi connectivity index (χ3n) is 4.37. The van der Waals surface area contributed by atoms with E-state index in [0.29, 0.717) is 25.9 Å². The van der Waals surface area contributed by atoms with Crippen LogP contribution in [0.1, 0.15) is 39.3 Å². The number of pyridine rings is 1. The van der Waals surface area contributed by atoms with E-state index in [9.17, 15) is 14.4 Å². The molecule has 1 saturated heterocycles. The zero-order chi connectivity index (χ0) is 20.2. The number of nitrogens with one attached hydrogen (secondary N) is 1. The number of amides is 2. The Hall–Kier alpha value is -2.51. The number of rotatable bonds is 4. The number of hydrogen-bond donors (Lipinski definition) is 1. The highest BCUT2D eigenvalue weighted by molar-refractivity contribution is 5.78. The third-order valence-corrected chi connectivity index (χ3v) is 4.37. The molecule has 8 heteroatoms. The normalized spacial score (nSPS) is 15.4. The molecule has 1 N–H and O–H groups in total. The second-order valence-electron chi connectivity index (χ2n) is 7.84. The Kier molecular flexibility index (Phi) is 6.51. The molecule has 0 spiro atoms. The second kappa shape index (κ2) is 8.45. The van der Waals surface area contributed by atoms with Crippen molar-refractivity contribution in [3.8, 4) is 5.75 Å². The Morgan fingerprint density at radius 2 is 1.89 bits per heavy atom. The maximum atomic E-state index is 12.3. The van der Waals surface area contributed by atoms with E-state index in [4.69, 9.17) is 9.47 Å².